The monoisotopic (exact) mass is 231 g/mol. The number of rotatable bonds is 3. The van der Waals surface area contributed by atoms with Gasteiger partial charge < -0.3 is 0 Å². The zero-order chi connectivity index (χ0) is 8.10. The Morgan fingerprint density at radius 3 is 3.00 bits per heavy atom. The molecule has 0 aliphatic heterocycles. The summed E-state index contributed by atoms with van der Waals surface area (Å²) in [7, 11) is 0. The van der Waals surface area contributed by atoms with Gasteiger partial charge in [-0.15, -0.1) is 0 Å². The van der Waals surface area contributed by atoms with Crippen LogP contribution >= 0.6 is 28.6 Å². The molecule has 1 nitrogen and oxygen atoms in total. The van der Waals surface area contributed by atoms with Crippen LogP contribution in [-0.4, -0.2) is 10.7 Å². The predicted octanol–water partition coefficient (Wildman–Crippen LogP) is 2.71. The lowest BCUT2D eigenvalue weighted by molar-refractivity contribution is 0.918. The van der Waals surface area contributed by atoms with E-state index in [0.717, 1.165) is 23.2 Å². The van der Waals surface area contributed by atoms with Gasteiger partial charge in [0.2, 0.25) is 0 Å². The maximum Gasteiger partial charge on any atom is 0.109 e. The van der Waals surface area contributed by atoms with Crippen molar-refractivity contribution in [3.8, 4) is 0 Å². The molecule has 1 rings (SSSR count). The van der Waals surface area contributed by atoms with Crippen molar-refractivity contribution in [1.29, 1.82) is 0 Å². The molecule has 0 amide bonds. The Hall–Kier alpha value is -0.0200. The number of thiol groups is 1. The second kappa shape index (κ2) is 4.78. The third-order valence-corrected chi connectivity index (χ3v) is 2.47. The molecule has 0 saturated carbocycles. The van der Waals surface area contributed by atoms with Crippen molar-refractivity contribution in [3.63, 3.8) is 0 Å². The van der Waals surface area contributed by atoms with E-state index < -0.39 is 0 Å². The number of nitrogens with zero attached hydrogens (tertiary/aromatic N) is 1. The lowest BCUT2D eigenvalue weighted by Gasteiger charge is -2.00. The van der Waals surface area contributed by atoms with E-state index in [-0.39, 0.29) is 0 Å². The van der Waals surface area contributed by atoms with Crippen molar-refractivity contribution < 1.29 is 0 Å². The quantitative estimate of drug-likeness (QED) is 0.624. The highest BCUT2D eigenvalue weighted by atomic mass is 79.9. The predicted molar refractivity (Wildman–Crippen MR) is 54.1 cm³/mol. The summed E-state index contributed by atoms with van der Waals surface area (Å²) in [5.74, 6) is 0.932. The molecule has 1 heterocycles. The Labute approximate surface area is 80.8 Å². The summed E-state index contributed by atoms with van der Waals surface area (Å²) in [6.07, 6.45) is 3.94. The summed E-state index contributed by atoms with van der Waals surface area (Å²) in [6.45, 7) is 0. The van der Waals surface area contributed by atoms with Gasteiger partial charge in [-0.05, 0) is 46.2 Å². The van der Waals surface area contributed by atoms with Crippen LogP contribution in [0.1, 0.15) is 12.0 Å². The molecule has 0 atom stereocenters. The Balaban J connectivity index is 2.62. The van der Waals surface area contributed by atoms with E-state index in [1.807, 2.05) is 6.07 Å². The molecule has 0 aliphatic rings. The molecule has 0 bridgehead atoms. The maximum atomic E-state index is 4.15. The zero-order valence-corrected chi connectivity index (χ0v) is 8.61. The molecule has 0 N–H and O–H groups in total. The van der Waals surface area contributed by atoms with Crippen molar-refractivity contribution in [2.24, 2.45) is 0 Å². The van der Waals surface area contributed by atoms with Gasteiger partial charge in [0, 0.05) is 6.20 Å². The molecule has 0 spiro atoms. The van der Waals surface area contributed by atoms with Crippen molar-refractivity contribution in [1.82, 2.24) is 4.98 Å². The second-order valence-electron chi connectivity index (χ2n) is 2.28. The summed E-state index contributed by atoms with van der Waals surface area (Å²) in [5.41, 5.74) is 1.27. The number of aryl methyl sites for hydroxylation is 1. The van der Waals surface area contributed by atoms with Crippen LogP contribution in [0.4, 0.5) is 0 Å². The lowest BCUT2D eigenvalue weighted by atomic mass is 10.2. The van der Waals surface area contributed by atoms with Crippen LogP contribution in [0.5, 0.6) is 0 Å². The molecule has 0 aromatic carbocycles. The number of halogens is 1. The summed E-state index contributed by atoms with van der Waals surface area (Å²) in [6, 6.07) is 4.04. The first-order valence-electron chi connectivity index (χ1n) is 3.55. The van der Waals surface area contributed by atoms with Gasteiger partial charge in [-0.25, -0.2) is 4.98 Å². The normalized spacial score (nSPS) is 10.0. The third kappa shape index (κ3) is 2.83. The van der Waals surface area contributed by atoms with Crippen molar-refractivity contribution >= 4 is 28.6 Å². The van der Waals surface area contributed by atoms with E-state index in [0.29, 0.717) is 0 Å². The maximum absolute atomic E-state index is 4.15. The minimum Gasteiger partial charge on any atom is -0.249 e. The molecule has 0 aliphatic carbocycles. The Kier molecular flexibility index (Phi) is 3.94. The highest BCUT2D eigenvalue weighted by Gasteiger charge is 1.97. The topological polar surface area (TPSA) is 12.9 Å². The smallest absolute Gasteiger partial charge is 0.109 e. The molecular formula is C8H10BrNS. The highest BCUT2D eigenvalue weighted by Crippen LogP contribution is 2.14. The minimum atomic E-state index is 0.932. The molecule has 3 heteroatoms. The lowest BCUT2D eigenvalue weighted by Crippen LogP contribution is -1.89. The number of aromatic nitrogens is 1. The molecule has 0 unspecified atom stereocenters. The number of pyridine rings is 1. The van der Waals surface area contributed by atoms with Crippen LogP contribution in [0.2, 0.25) is 0 Å². The molecule has 1 aromatic rings. The molecule has 60 valence electrons. The fourth-order valence-corrected chi connectivity index (χ4v) is 1.48. The van der Waals surface area contributed by atoms with Gasteiger partial charge in [-0.3, -0.25) is 0 Å². The first-order chi connectivity index (χ1) is 5.34. The van der Waals surface area contributed by atoms with E-state index in [4.69, 9.17) is 0 Å². The van der Waals surface area contributed by atoms with Crippen LogP contribution in [-0.2, 0) is 6.42 Å². The van der Waals surface area contributed by atoms with Crippen LogP contribution in [0.15, 0.2) is 22.9 Å². The molecule has 1 aromatic heterocycles. The van der Waals surface area contributed by atoms with Gasteiger partial charge >= 0.3 is 0 Å². The van der Waals surface area contributed by atoms with Gasteiger partial charge in [0.1, 0.15) is 4.60 Å². The average molecular weight is 232 g/mol. The van der Waals surface area contributed by atoms with E-state index >= 15 is 0 Å². The third-order valence-electron chi connectivity index (χ3n) is 1.44. The summed E-state index contributed by atoms with van der Waals surface area (Å²) >= 11 is 7.54. The Bertz CT molecular complexity index is 227. The van der Waals surface area contributed by atoms with E-state index in [2.05, 4.69) is 39.6 Å². The minimum absolute atomic E-state index is 0.932. The molecule has 11 heavy (non-hydrogen) atoms. The van der Waals surface area contributed by atoms with Crippen LogP contribution in [0.25, 0.3) is 0 Å². The van der Waals surface area contributed by atoms with Crippen LogP contribution in [0.3, 0.4) is 0 Å². The van der Waals surface area contributed by atoms with Gasteiger partial charge in [-0.2, -0.15) is 12.6 Å². The fourth-order valence-electron chi connectivity index (χ4n) is 0.875. The van der Waals surface area contributed by atoms with Gasteiger partial charge in [0.25, 0.3) is 0 Å². The fraction of sp³-hybridized carbons (Fsp3) is 0.375. The Morgan fingerprint density at radius 2 is 2.36 bits per heavy atom. The van der Waals surface area contributed by atoms with Crippen LogP contribution < -0.4 is 0 Å². The summed E-state index contributed by atoms with van der Waals surface area (Å²) < 4.78 is 0.960. The SMILES string of the molecule is SCCCc1cccnc1Br. The van der Waals surface area contributed by atoms with E-state index in [1.165, 1.54) is 5.56 Å². The first-order valence-corrected chi connectivity index (χ1v) is 4.97. The largest absolute Gasteiger partial charge is 0.249 e. The molecular weight excluding hydrogens is 222 g/mol. The van der Waals surface area contributed by atoms with Crippen LogP contribution in [0, 0.1) is 0 Å². The van der Waals surface area contributed by atoms with Crippen molar-refractivity contribution in [3.05, 3.63) is 28.5 Å². The Morgan fingerprint density at radius 1 is 1.55 bits per heavy atom. The van der Waals surface area contributed by atoms with Crippen molar-refractivity contribution in [2.45, 2.75) is 12.8 Å². The standard InChI is InChI=1S/C8H10BrNS/c9-8-7(4-2-6-11)3-1-5-10-8/h1,3,5,11H,2,4,6H2. The summed E-state index contributed by atoms with van der Waals surface area (Å²) in [5, 5.41) is 0. The second-order valence-corrected chi connectivity index (χ2v) is 3.48. The van der Waals surface area contributed by atoms with E-state index in [9.17, 15) is 0 Å². The first kappa shape index (κ1) is 9.07. The molecule has 0 radical (unpaired) electrons. The highest BCUT2D eigenvalue weighted by molar-refractivity contribution is 9.10. The van der Waals surface area contributed by atoms with Gasteiger partial charge in [0.05, 0.1) is 0 Å². The number of hydrogen-bond donors (Lipinski definition) is 1. The zero-order valence-electron chi connectivity index (χ0n) is 6.13. The molecule has 0 saturated heterocycles. The van der Waals surface area contributed by atoms with Gasteiger partial charge in [-0.1, -0.05) is 6.07 Å². The van der Waals surface area contributed by atoms with E-state index in [1.54, 1.807) is 6.20 Å². The molecule has 0 fully saturated rings. The van der Waals surface area contributed by atoms with Crippen molar-refractivity contribution in [2.75, 3.05) is 5.75 Å². The average Bonchev–Trinajstić information content (AvgIpc) is 2.03. The number of hydrogen-bond acceptors (Lipinski definition) is 2. The van der Waals surface area contributed by atoms with Gasteiger partial charge in [0.15, 0.2) is 0 Å². The summed E-state index contributed by atoms with van der Waals surface area (Å²) in [4.78, 5) is 4.12.